The molecule has 0 bridgehead atoms. The van der Waals surface area contributed by atoms with Crippen molar-refractivity contribution in [1.29, 1.82) is 0 Å². The summed E-state index contributed by atoms with van der Waals surface area (Å²) in [7, 11) is -2.36. The molecule has 0 saturated heterocycles. The normalized spacial score (nSPS) is 13.2. The van der Waals surface area contributed by atoms with E-state index < -0.39 is 39.1 Å². The Morgan fingerprint density at radius 1 is 0.966 bits per heavy atom. The number of aromatic nitrogens is 4. The number of sulfone groups is 1. The van der Waals surface area contributed by atoms with E-state index in [4.69, 9.17) is 0 Å². The molecular weight excluding hydrogens is 426 g/mol. The van der Waals surface area contributed by atoms with Crippen molar-refractivity contribution in [2.45, 2.75) is 18.1 Å². The second kappa shape index (κ2) is 6.68. The van der Waals surface area contributed by atoms with Gasteiger partial charge in [0.1, 0.15) is 11.2 Å². The number of halogens is 6. The Balaban J connectivity index is 2.24. The molecule has 0 atom stereocenters. The van der Waals surface area contributed by atoms with Crippen molar-refractivity contribution in [3.8, 4) is 11.5 Å². The summed E-state index contributed by atoms with van der Waals surface area (Å²) >= 11 is 0. The topological polar surface area (TPSA) is 77.7 Å². The van der Waals surface area contributed by atoms with Gasteiger partial charge in [0.2, 0.25) is 0 Å². The van der Waals surface area contributed by atoms with Crippen LogP contribution in [0.5, 0.6) is 0 Å². The standard InChI is InChI=1S/C16H12F6N4O2S/c1-26-13-11(4-10(6-24-13)16(20,21)22)25-14(26)12-8(7-29(2,27)28)3-9(5-23-12)15(17,18)19/h3-6H,7H2,1-2H3. The number of hydrogen-bond acceptors (Lipinski definition) is 5. The lowest BCUT2D eigenvalue weighted by Crippen LogP contribution is -2.11. The molecule has 3 aromatic heterocycles. The molecule has 0 aliphatic rings. The Labute approximate surface area is 160 Å². The van der Waals surface area contributed by atoms with Gasteiger partial charge in [-0.2, -0.15) is 26.3 Å². The molecule has 0 aromatic carbocycles. The SMILES string of the molecule is Cn1c(-c2ncc(C(F)(F)F)cc2CS(C)(=O)=O)nc2cc(C(F)(F)F)cnc21. The van der Waals surface area contributed by atoms with Crippen LogP contribution >= 0.6 is 0 Å². The molecule has 0 aliphatic heterocycles. The Kier molecular flexibility index (Phi) is 4.84. The number of fused-ring (bicyclic) bond motifs is 1. The van der Waals surface area contributed by atoms with Gasteiger partial charge in [0.05, 0.1) is 16.9 Å². The van der Waals surface area contributed by atoms with Gasteiger partial charge in [-0.05, 0) is 17.7 Å². The first-order valence-corrected chi connectivity index (χ1v) is 9.87. The van der Waals surface area contributed by atoms with Gasteiger partial charge in [-0.1, -0.05) is 0 Å². The quantitative estimate of drug-likeness (QED) is 0.584. The second-order valence-electron chi connectivity index (χ2n) is 6.36. The van der Waals surface area contributed by atoms with Crippen molar-refractivity contribution < 1.29 is 34.8 Å². The average Bonchev–Trinajstić information content (AvgIpc) is 2.88. The monoisotopic (exact) mass is 438 g/mol. The van der Waals surface area contributed by atoms with Gasteiger partial charge >= 0.3 is 12.4 Å². The van der Waals surface area contributed by atoms with E-state index in [0.717, 1.165) is 12.3 Å². The number of alkyl halides is 6. The molecule has 3 aromatic rings. The highest BCUT2D eigenvalue weighted by Gasteiger charge is 2.34. The molecule has 3 heterocycles. The number of rotatable bonds is 3. The smallest absolute Gasteiger partial charge is 0.311 e. The highest BCUT2D eigenvalue weighted by Crippen LogP contribution is 2.34. The molecule has 13 heteroatoms. The fourth-order valence-corrected chi connectivity index (χ4v) is 3.49. The van der Waals surface area contributed by atoms with Crippen molar-refractivity contribution in [1.82, 2.24) is 19.5 Å². The van der Waals surface area contributed by atoms with Crippen LogP contribution in [0.2, 0.25) is 0 Å². The summed E-state index contributed by atoms with van der Waals surface area (Å²) in [5.41, 5.74) is -2.82. The number of nitrogens with zero attached hydrogens (tertiary/aromatic N) is 4. The van der Waals surface area contributed by atoms with Crippen LogP contribution in [0.4, 0.5) is 26.3 Å². The van der Waals surface area contributed by atoms with E-state index in [1.807, 2.05) is 0 Å². The van der Waals surface area contributed by atoms with Crippen molar-refractivity contribution in [3.05, 3.63) is 41.2 Å². The minimum absolute atomic E-state index is 0.0278. The average molecular weight is 438 g/mol. The van der Waals surface area contributed by atoms with Crippen LogP contribution in [0.25, 0.3) is 22.7 Å². The van der Waals surface area contributed by atoms with Crippen LogP contribution in [0, 0.1) is 0 Å². The van der Waals surface area contributed by atoms with Gasteiger partial charge in [0.15, 0.2) is 21.3 Å². The summed E-state index contributed by atoms with van der Waals surface area (Å²) in [5, 5.41) is 0. The van der Waals surface area contributed by atoms with Gasteiger partial charge in [-0.25, -0.2) is 18.4 Å². The van der Waals surface area contributed by atoms with Gasteiger partial charge < -0.3 is 4.57 Å². The molecule has 0 aliphatic carbocycles. The van der Waals surface area contributed by atoms with E-state index in [1.54, 1.807) is 0 Å². The van der Waals surface area contributed by atoms with Gasteiger partial charge in [0.25, 0.3) is 0 Å². The molecule has 0 amide bonds. The third-order valence-corrected chi connectivity index (χ3v) is 4.80. The van der Waals surface area contributed by atoms with E-state index in [2.05, 4.69) is 15.0 Å². The third kappa shape index (κ3) is 4.33. The number of imidazole rings is 1. The lowest BCUT2D eigenvalue weighted by atomic mass is 10.1. The predicted molar refractivity (Wildman–Crippen MR) is 90.3 cm³/mol. The lowest BCUT2D eigenvalue weighted by Gasteiger charge is -2.12. The summed E-state index contributed by atoms with van der Waals surface area (Å²) in [6.07, 6.45) is -7.47. The molecule has 29 heavy (non-hydrogen) atoms. The molecule has 3 rings (SSSR count). The first-order valence-electron chi connectivity index (χ1n) is 7.81. The highest BCUT2D eigenvalue weighted by molar-refractivity contribution is 7.89. The molecule has 156 valence electrons. The molecule has 0 N–H and O–H groups in total. The molecule has 6 nitrogen and oxygen atoms in total. The fraction of sp³-hybridized carbons (Fsp3) is 0.312. The molecule has 0 spiro atoms. The van der Waals surface area contributed by atoms with Gasteiger partial charge in [-0.15, -0.1) is 0 Å². The molecule has 0 radical (unpaired) electrons. The van der Waals surface area contributed by atoms with E-state index >= 15 is 0 Å². The first kappa shape index (κ1) is 21.0. The summed E-state index contributed by atoms with van der Waals surface area (Å²) in [6, 6.07) is 1.38. The maximum absolute atomic E-state index is 13.0. The first-order chi connectivity index (χ1) is 13.2. The zero-order chi connectivity index (χ0) is 21.8. The third-order valence-electron chi connectivity index (χ3n) is 3.96. The Morgan fingerprint density at radius 2 is 1.52 bits per heavy atom. The lowest BCUT2D eigenvalue weighted by molar-refractivity contribution is -0.138. The Hall–Kier alpha value is -2.70. The largest absolute Gasteiger partial charge is 0.417 e. The summed E-state index contributed by atoms with van der Waals surface area (Å²) < 4.78 is 102. The van der Waals surface area contributed by atoms with Crippen molar-refractivity contribution >= 4 is 21.0 Å². The summed E-state index contributed by atoms with van der Waals surface area (Å²) in [5.74, 6) is -0.872. The molecule has 0 fully saturated rings. The Bertz CT molecular complexity index is 1200. The van der Waals surface area contributed by atoms with Crippen molar-refractivity contribution in [3.63, 3.8) is 0 Å². The molecule has 0 unspecified atom stereocenters. The summed E-state index contributed by atoms with van der Waals surface area (Å²) in [6.45, 7) is 0. The van der Waals surface area contributed by atoms with Crippen LogP contribution in [-0.4, -0.2) is 34.2 Å². The number of aryl methyl sites for hydroxylation is 1. The van der Waals surface area contributed by atoms with Gasteiger partial charge in [-0.3, -0.25) is 4.98 Å². The Morgan fingerprint density at radius 3 is 2.07 bits per heavy atom. The minimum atomic E-state index is -4.76. The zero-order valence-electron chi connectivity index (χ0n) is 14.8. The highest BCUT2D eigenvalue weighted by atomic mass is 32.2. The molecule has 0 saturated carbocycles. The van der Waals surface area contributed by atoms with E-state index in [1.165, 1.54) is 11.6 Å². The second-order valence-corrected chi connectivity index (χ2v) is 8.50. The zero-order valence-corrected chi connectivity index (χ0v) is 15.6. The predicted octanol–water partition coefficient (Wildman–Crippen LogP) is 3.61. The van der Waals surface area contributed by atoms with Crippen LogP contribution in [0.3, 0.4) is 0 Å². The number of hydrogen-bond donors (Lipinski definition) is 0. The van der Waals surface area contributed by atoms with E-state index in [9.17, 15) is 34.8 Å². The van der Waals surface area contributed by atoms with E-state index in [0.29, 0.717) is 18.5 Å². The van der Waals surface area contributed by atoms with Crippen molar-refractivity contribution in [2.24, 2.45) is 7.05 Å². The summed E-state index contributed by atoms with van der Waals surface area (Å²) in [4.78, 5) is 11.4. The maximum atomic E-state index is 13.0. The number of pyridine rings is 2. The molecular formula is C16H12F6N4O2S. The van der Waals surface area contributed by atoms with Crippen LogP contribution in [0.15, 0.2) is 24.5 Å². The fourth-order valence-electron chi connectivity index (χ4n) is 2.70. The maximum Gasteiger partial charge on any atom is 0.417 e. The van der Waals surface area contributed by atoms with E-state index in [-0.39, 0.29) is 28.2 Å². The van der Waals surface area contributed by atoms with Gasteiger partial charge in [0, 0.05) is 25.7 Å². The van der Waals surface area contributed by atoms with Crippen molar-refractivity contribution in [2.75, 3.05) is 6.26 Å². The van der Waals surface area contributed by atoms with Crippen LogP contribution in [0.1, 0.15) is 16.7 Å². The minimum Gasteiger partial charge on any atom is -0.311 e. The van der Waals surface area contributed by atoms with Crippen LogP contribution in [-0.2, 0) is 35.0 Å². The van der Waals surface area contributed by atoms with Crippen LogP contribution < -0.4 is 0 Å².